The summed E-state index contributed by atoms with van der Waals surface area (Å²) in [7, 11) is 0. The number of ether oxygens (including phenoxy) is 1. The molecule has 0 rings (SSSR count). The van der Waals surface area contributed by atoms with Crippen molar-refractivity contribution in [2.24, 2.45) is 0 Å². The monoisotopic (exact) mass is 432 g/mol. The summed E-state index contributed by atoms with van der Waals surface area (Å²) in [6, 6.07) is -4.70. The van der Waals surface area contributed by atoms with Gasteiger partial charge in [0, 0.05) is 0 Å². The van der Waals surface area contributed by atoms with E-state index in [1.807, 2.05) is 0 Å². The Morgan fingerprint density at radius 2 is 0.885 bits per heavy atom. The van der Waals surface area contributed by atoms with Gasteiger partial charge < -0.3 is 0 Å². The zero-order valence-corrected chi connectivity index (χ0v) is 10.9. The summed E-state index contributed by atoms with van der Waals surface area (Å²) in [5, 5.41) is 0. The minimum atomic E-state index is -8.35. The van der Waals surface area contributed by atoms with Gasteiger partial charge in [-0.15, -0.1) is 0 Å². The fraction of sp³-hybridized carbons (Fsp3) is 0.875. The number of rotatable bonds is 5. The lowest BCUT2D eigenvalue weighted by Gasteiger charge is -2.40. The Balaban J connectivity index is 6.54. The molecule has 0 fully saturated rings. The molecular formula is C8F16O2. The second-order valence-corrected chi connectivity index (χ2v) is 4.21. The number of carbonyl (C=O) groups is 1. The fourth-order valence-electron chi connectivity index (χ4n) is 1.17. The largest absolute Gasteiger partial charge is 0.459 e. The van der Waals surface area contributed by atoms with Crippen LogP contribution in [0.1, 0.15) is 0 Å². The maximum atomic E-state index is 13.0. The van der Waals surface area contributed by atoms with E-state index in [4.69, 9.17) is 0 Å². The number of hydrogen-bond donors (Lipinski definition) is 0. The molecule has 0 aliphatic rings. The molecule has 0 saturated heterocycles. The van der Waals surface area contributed by atoms with Crippen LogP contribution in [0.15, 0.2) is 0 Å². The summed E-state index contributed by atoms with van der Waals surface area (Å²) >= 11 is 0. The van der Waals surface area contributed by atoms with E-state index in [9.17, 15) is 75.0 Å². The van der Waals surface area contributed by atoms with E-state index in [-0.39, 0.29) is 0 Å². The Morgan fingerprint density at radius 3 is 1.08 bits per heavy atom. The Labute approximate surface area is 129 Å². The maximum absolute atomic E-state index is 13.0. The predicted molar refractivity (Wildman–Crippen MR) is 42.9 cm³/mol. The standard InChI is InChI=1S/C8F16O2/c9-1(25)2(10,5(14,15)16)26-8(23,24)4(12,13)3(11,6(17,18)19)7(20,21)22. The molecule has 0 bridgehead atoms. The van der Waals surface area contributed by atoms with Crippen LogP contribution in [-0.4, -0.2) is 48.1 Å². The summed E-state index contributed by atoms with van der Waals surface area (Å²) in [6.45, 7) is 0. The summed E-state index contributed by atoms with van der Waals surface area (Å²) in [5.74, 6) is -15.5. The number of carbonyl (C=O) groups excluding carboxylic acids is 1. The lowest BCUT2D eigenvalue weighted by molar-refractivity contribution is -0.491. The normalized spacial score (nSPS) is 17.8. The molecule has 0 radical (unpaired) electrons. The van der Waals surface area contributed by atoms with Crippen molar-refractivity contribution in [1.82, 2.24) is 0 Å². The average Bonchev–Trinajstić information content (AvgIpc) is 2.32. The molecule has 0 heterocycles. The predicted octanol–water partition coefficient (Wildman–Crippen LogP) is 4.79. The van der Waals surface area contributed by atoms with Gasteiger partial charge in [0.25, 0.3) is 0 Å². The van der Waals surface area contributed by atoms with Crippen molar-refractivity contribution >= 4 is 6.04 Å². The zero-order chi connectivity index (χ0) is 21.8. The van der Waals surface area contributed by atoms with E-state index in [0.29, 0.717) is 0 Å². The summed E-state index contributed by atoms with van der Waals surface area (Å²) in [4.78, 5) is 9.76. The van der Waals surface area contributed by atoms with Gasteiger partial charge in [-0.05, 0) is 0 Å². The van der Waals surface area contributed by atoms with Crippen LogP contribution in [0.4, 0.5) is 70.2 Å². The van der Waals surface area contributed by atoms with E-state index in [2.05, 4.69) is 0 Å². The van der Waals surface area contributed by atoms with Gasteiger partial charge in [0.05, 0.1) is 0 Å². The van der Waals surface area contributed by atoms with Crippen molar-refractivity contribution in [3.8, 4) is 0 Å². The molecular weight excluding hydrogens is 432 g/mol. The van der Waals surface area contributed by atoms with Crippen molar-refractivity contribution in [2.75, 3.05) is 0 Å². The van der Waals surface area contributed by atoms with Crippen molar-refractivity contribution in [2.45, 2.75) is 42.1 Å². The second-order valence-electron chi connectivity index (χ2n) is 4.21. The molecule has 0 saturated carbocycles. The number of halogens is 16. The van der Waals surface area contributed by atoms with Crippen molar-refractivity contribution in [3.63, 3.8) is 0 Å². The highest BCUT2D eigenvalue weighted by molar-refractivity contribution is 5.77. The molecule has 0 aromatic heterocycles. The molecule has 0 aromatic carbocycles. The van der Waals surface area contributed by atoms with Crippen molar-refractivity contribution in [1.29, 1.82) is 0 Å². The Hall–Kier alpha value is -1.49. The van der Waals surface area contributed by atoms with Gasteiger partial charge >= 0.3 is 48.1 Å². The van der Waals surface area contributed by atoms with Gasteiger partial charge in [-0.25, -0.2) is 4.39 Å². The summed E-state index contributed by atoms with van der Waals surface area (Å²) in [5.41, 5.74) is -8.29. The molecule has 0 N–H and O–H groups in total. The molecule has 0 aromatic rings. The first-order chi connectivity index (χ1) is 10.9. The first-order valence-electron chi connectivity index (χ1n) is 5.14. The molecule has 2 nitrogen and oxygen atoms in total. The number of alkyl halides is 15. The van der Waals surface area contributed by atoms with Gasteiger partial charge in [0.15, 0.2) is 0 Å². The van der Waals surface area contributed by atoms with Crippen LogP contribution in [0.5, 0.6) is 0 Å². The lowest BCUT2D eigenvalue weighted by atomic mass is 9.94. The third kappa shape index (κ3) is 3.38. The molecule has 0 aliphatic heterocycles. The van der Waals surface area contributed by atoms with Gasteiger partial charge in [-0.2, -0.15) is 65.9 Å². The topological polar surface area (TPSA) is 26.3 Å². The zero-order valence-electron chi connectivity index (χ0n) is 10.9. The van der Waals surface area contributed by atoms with Gasteiger partial charge in [0.2, 0.25) is 0 Å². The van der Waals surface area contributed by atoms with Crippen LogP contribution in [0.25, 0.3) is 0 Å². The number of hydrogen-bond acceptors (Lipinski definition) is 2. The van der Waals surface area contributed by atoms with Crippen LogP contribution in [0.2, 0.25) is 0 Å². The summed E-state index contributed by atoms with van der Waals surface area (Å²) < 4.78 is 199. The smallest absolute Gasteiger partial charge is 0.261 e. The average molecular weight is 432 g/mol. The maximum Gasteiger partial charge on any atom is 0.459 e. The molecule has 0 aliphatic carbocycles. The minimum absolute atomic E-state index is 1.31. The first kappa shape index (κ1) is 24.5. The van der Waals surface area contributed by atoms with E-state index in [1.165, 1.54) is 4.74 Å². The van der Waals surface area contributed by atoms with Crippen LogP contribution < -0.4 is 0 Å². The minimum Gasteiger partial charge on any atom is -0.261 e. The van der Waals surface area contributed by atoms with E-state index >= 15 is 0 Å². The van der Waals surface area contributed by atoms with Crippen molar-refractivity contribution in [3.05, 3.63) is 0 Å². The van der Waals surface area contributed by atoms with Crippen LogP contribution >= 0.6 is 0 Å². The SMILES string of the molecule is O=C(F)C(F)(OC(F)(F)C(F)(F)C(F)(C(F)(F)F)C(F)(F)F)C(F)(F)F. The van der Waals surface area contributed by atoms with E-state index < -0.39 is 48.1 Å². The molecule has 0 spiro atoms. The highest BCUT2D eigenvalue weighted by Gasteiger charge is 2.92. The van der Waals surface area contributed by atoms with Crippen LogP contribution in [0.3, 0.4) is 0 Å². The third-order valence-corrected chi connectivity index (χ3v) is 2.47. The Kier molecular flexibility index (Phi) is 5.67. The quantitative estimate of drug-likeness (QED) is 0.462. The van der Waals surface area contributed by atoms with Gasteiger partial charge in [0.1, 0.15) is 0 Å². The highest BCUT2D eigenvalue weighted by atomic mass is 19.4. The van der Waals surface area contributed by atoms with Gasteiger partial charge in [-0.1, -0.05) is 0 Å². The first-order valence-corrected chi connectivity index (χ1v) is 5.14. The Morgan fingerprint density at radius 1 is 0.577 bits per heavy atom. The molecule has 1 unspecified atom stereocenters. The third-order valence-electron chi connectivity index (χ3n) is 2.47. The Bertz CT molecular complexity index is 526. The molecule has 0 amide bonds. The van der Waals surface area contributed by atoms with Crippen LogP contribution in [-0.2, 0) is 9.53 Å². The lowest BCUT2D eigenvalue weighted by Crippen LogP contribution is -2.72. The molecule has 1 atom stereocenters. The van der Waals surface area contributed by atoms with Gasteiger partial charge in [-0.3, -0.25) is 9.53 Å². The highest BCUT2D eigenvalue weighted by Crippen LogP contribution is 2.60. The fourth-order valence-corrected chi connectivity index (χ4v) is 1.17. The van der Waals surface area contributed by atoms with E-state index in [0.717, 1.165) is 0 Å². The molecule has 156 valence electrons. The van der Waals surface area contributed by atoms with E-state index in [1.54, 1.807) is 0 Å². The molecule has 26 heavy (non-hydrogen) atoms. The second kappa shape index (κ2) is 6.01. The van der Waals surface area contributed by atoms with Crippen molar-refractivity contribution < 1.29 is 79.8 Å². The van der Waals surface area contributed by atoms with Crippen LogP contribution in [0, 0.1) is 0 Å². The molecule has 18 heteroatoms. The summed E-state index contributed by atoms with van der Waals surface area (Å²) in [6.07, 6.45) is -31.2.